The summed E-state index contributed by atoms with van der Waals surface area (Å²) in [7, 11) is 0. The molecule has 8 heteroatoms. The zero-order valence-corrected chi connectivity index (χ0v) is 7.42. The Morgan fingerprint density at radius 2 is 1.47 bits per heavy atom. The van der Waals surface area contributed by atoms with E-state index in [0.717, 1.165) is 6.08 Å². The molecule has 0 radical (unpaired) electrons. The molecule has 0 spiro atoms. The SMILES string of the molecule is CC=CCOC(F)(F)C(F)(F)C(F)(F)F. The molecule has 0 aromatic rings. The molecule has 0 bridgehead atoms. The van der Waals surface area contributed by atoms with E-state index in [2.05, 4.69) is 4.74 Å². The molecular weight excluding hydrogens is 233 g/mol. The molecule has 0 saturated carbocycles. The van der Waals surface area contributed by atoms with Gasteiger partial charge < -0.3 is 4.74 Å². The molecule has 0 aromatic carbocycles. The number of rotatable bonds is 4. The summed E-state index contributed by atoms with van der Waals surface area (Å²) in [6.45, 7) is 0.332. The van der Waals surface area contributed by atoms with Crippen LogP contribution < -0.4 is 0 Å². The maximum absolute atomic E-state index is 12.3. The van der Waals surface area contributed by atoms with Gasteiger partial charge in [0.1, 0.15) is 0 Å². The smallest absolute Gasteiger partial charge is 0.311 e. The summed E-state index contributed by atoms with van der Waals surface area (Å²) >= 11 is 0. The van der Waals surface area contributed by atoms with Gasteiger partial charge in [0.25, 0.3) is 0 Å². The molecule has 1 nitrogen and oxygen atoms in total. The van der Waals surface area contributed by atoms with E-state index >= 15 is 0 Å². The maximum Gasteiger partial charge on any atom is 0.462 e. The molecule has 0 aromatic heterocycles. The number of halogens is 7. The van der Waals surface area contributed by atoms with E-state index in [1.165, 1.54) is 13.0 Å². The standard InChI is InChI=1S/C7H7F7O/c1-2-3-4-15-7(13,14)5(8,9)6(10,11)12/h2-3H,4H2,1H3. The first-order chi connectivity index (χ1) is 6.56. The Balaban J connectivity index is 4.70. The third-order valence-corrected chi connectivity index (χ3v) is 1.32. The molecule has 90 valence electrons. The lowest BCUT2D eigenvalue weighted by atomic mass is 10.3. The first-order valence-electron chi connectivity index (χ1n) is 3.63. The summed E-state index contributed by atoms with van der Waals surface area (Å²) in [6, 6.07) is 0. The van der Waals surface area contributed by atoms with Crippen LogP contribution in [0.25, 0.3) is 0 Å². The van der Waals surface area contributed by atoms with Gasteiger partial charge in [-0.15, -0.1) is 0 Å². The average molecular weight is 240 g/mol. The van der Waals surface area contributed by atoms with Crippen molar-refractivity contribution in [3.05, 3.63) is 12.2 Å². The number of hydrogen-bond acceptors (Lipinski definition) is 1. The highest BCUT2D eigenvalue weighted by atomic mass is 19.4. The fourth-order valence-corrected chi connectivity index (χ4v) is 0.505. The fourth-order valence-electron chi connectivity index (χ4n) is 0.505. The first kappa shape index (κ1) is 14.2. The molecule has 0 aliphatic heterocycles. The molecule has 0 atom stereocenters. The predicted molar refractivity (Wildman–Crippen MR) is 36.7 cm³/mol. The van der Waals surface area contributed by atoms with E-state index in [1.54, 1.807) is 0 Å². The quantitative estimate of drug-likeness (QED) is 0.540. The Morgan fingerprint density at radius 1 is 1.00 bits per heavy atom. The van der Waals surface area contributed by atoms with Gasteiger partial charge in [-0.2, -0.15) is 30.7 Å². The van der Waals surface area contributed by atoms with E-state index in [1.807, 2.05) is 0 Å². The summed E-state index contributed by atoms with van der Waals surface area (Å²) in [6.07, 6.45) is -9.89. The third kappa shape index (κ3) is 3.08. The molecule has 0 unspecified atom stereocenters. The summed E-state index contributed by atoms with van der Waals surface area (Å²) < 4.78 is 86.5. The number of allylic oxidation sites excluding steroid dienone is 1. The van der Waals surface area contributed by atoms with Gasteiger partial charge in [-0.1, -0.05) is 12.2 Å². The number of hydrogen-bond donors (Lipinski definition) is 0. The monoisotopic (exact) mass is 240 g/mol. The second-order valence-corrected chi connectivity index (χ2v) is 2.47. The van der Waals surface area contributed by atoms with Crippen LogP contribution in [0.3, 0.4) is 0 Å². The topological polar surface area (TPSA) is 9.23 Å². The highest BCUT2D eigenvalue weighted by Gasteiger charge is 2.74. The molecule has 0 fully saturated rings. The minimum Gasteiger partial charge on any atom is -0.311 e. The molecule has 0 N–H and O–H groups in total. The van der Waals surface area contributed by atoms with Crippen LogP contribution in [0, 0.1) is 0 Å². The lowest BCUT2D eigenvalue weighted by Crippen LogP contribution is -2.53. The van der Waals surface area contributed by atoms with Crippen LogP contribution in [0.15, 0.2) is 12.2 Å². The van der Waals surface area contributed by atoms with Crippen LogP contribution >= 0.6 is 0 Å². The van der Waals surface area contributed by atoms with Gasteiger partial charge >= 0.3 is 18.2 Å². The van der Waals surface area contributed by atoms with Crippen molar-refractivity contribution < 1.29 is 35.5 Å². The summed E-state index contributed by atoms with van der Waals surface area (Å²) in [5.41, 5.74) is 0. The van der Waals surface area contributed by atoms with E-state index < -0.39 is 24.8 Å². The highest BCUT2D eigenvalue weighted by molar-refractivity contribution is 4.86. The lowest BCUT2D eigenvalue weighted by molar-refractivity contribution is -0.421. The second kappa shape index (κ2) is 4.38. The molecule has 15 heavy (non-hydrogen) atoms. The Hall–Kier alpha value is -0.790. The van der Waals surface area contributed by atoms with Crippen molar-refractivity contribution in [3.63, 3.8) is 0 Å². The molecule has 0 rings (SSSR count). The molecule has 0 saturated heterocycles. The van der Waals surface area contributed by atoms with Gasteiger partial charge in [-0.3, -0.25) is 0 Å². The van der Waals surface area contributed by atoms with Crippen LogP contribution in [-0.4, -0.2) is 24.8 Å². The van der Waals surface area contributed by atoms with Crippen molar-refractivity contribution in [1.29, 1.82) is 0 Å². The Morgan fingerprint density at radius 3 is 1.80 bits per heavy atom. The van der Waals surface area contributed by atoms with Crippen LogP contribution in [0.4, 0.5) is 30.7 Å². The van der Waals surface area contributed by atoms with E-state index in [4.69, 9.17) is 0 Å². The minimum atomic E-state index is -6.35. The normalized spacial score (nSPS) is 14.9. The van der Waals surface area contributed by atoms with Gasteiger partial charge in [-0.05, 0) is 6.92 Å². The van der Waals surface area contributed by atoms with Crippen molar-refractivity contribution in [1.82, 2.24) is 0 Å². The highest BCUT2D eigenvalue weighted by Crippen LogP contribution is 2.46. The summed E-state index contributed by atoms with van der Waals surface area (Å²) in [4.78, 5) is 0. The van der Waals surface area contributed by atoms with Crippen LogP contribution in [0.5, 0.6) is 0 Å². The minimum absolute atomic E-state index is 0.875. The van der Waals surface area contributed by atoms with Crippen molar-refractivity contribution >= 4 is 0 Å². The van der Waals surface area contributed by atoms with Crippen LogP contribution in [0.2, 0.25) is 0 Å². The van der Waals surface area contributed by atoms with E-state index in [-0.39, 0.29) is 0 Å². The van der Waals surface area contributed by atoms with Gasteiger partial charge in [0.15, 0.2) is 0 Å². The first-order valence-corrected chi connectivity index (χ1v) is 3.63. The largest absolute Gasteiger partial charge is 0.462 e. The second-order valence-electron chi connectivity index (χ2n) is 2.47. The van der Waals surface area contributed by atoms with Gasteiger partial charge in [0.05, 0.1) is 6.61 Å². The predicted octanol–water partition coefficient (Wildman–Crippen LogP) is 3.37. The third-order valence-electron chi connectivity index (χ3n) is 1.32. The van der Waals surface area contributed by atoms with E-state index in [9.17, 15) is 30.7 Å². The lowest BCUT2D eigenvalue weighted by Gasteiger charge is -2.27. The van der Waals surface area contributed by atoms with Crippen LogP contribution in [0.1, 0.15) is 6.92 Å². The van der Waals surface area contributed by atoms with Gasteiger partial charge in [0.2, 0.25) is 0 Å². The molecule has 0 aliphatic rings. The summed E-state index contributed by atoms with van der Waals surface area (Å²) in [5, 5.41) is 0. The zero-order valence-electron chi connectivity index (χ0n) is 7.42. The van der Waals surface area contributed by atoms with Gasteiger partial charge in [0, 0.05) is 0 Å². The molecule has 0 amide bonds. The average Bonchev–Trinajstić information content (AvgIpc) is 2.02. The van der Waals surface area contributed by atoms with E-state index in [0.29, 0.717) is 0 Å². The maximum atomic E-state index is 12.3. The Kier molecular flexibility index (Phi) is 4.15. The molecule has 0 heterocycles. The van der Waals surface area contributed by atoms with Crippen molar-refractivity contribution in [2.24, 2.45) is 0 Å². The zero-order chi connectivity index (χ0) is 12.3. The van der Waals surface area contributed by atoms with Crippen molar-refractivity contribution in [2.75, 3.05) is 6.61 Å². The molecule has 0 aliphatic carbocycles. The summed E-state index contributed by atoms with van der Waals surface area (Å²) in [5.74, 6) is -6.21. The fraction of sp³-hybridized carbons (Fsp3) is 0.714. The van der Waals surface area contributed by atoms with Gasteiger partial charge in [-0.25, -0.2) is 0 Å². The number of alkyl halides is 7. The van der Waals surface area contributed by atoms with Crippen molar-refractivity contribution in [2.45, 2.75) is 25.1 Å². The Bertz CT molecular complexity index is 230. The number of ether oxygens (including phenoxy) is 1. The Labute approximate surface area is 80.5 Å². The van der Waals surface area contributed by atoms with Crippen LogP contribution in [-0.2, 0) is 4.74 Å². The van der Waals surface area contributed by atoms with Crippen molar-refractivity contribution in [3.8, 4) is 0 Å². The molecular formula is C7H7F7O.